The van der Waals surface area contributed by atoms with Crippen LogP contribution < -0.4 is 10.6 Å². The molecule has 1 aromatic rings. The van der Waals surface area contributed by atoms with E-state index in [0.29, 0.717) is 6.54 Å². The van der Waals surface area contributed by atoms with Crippen molar-refractivity contribution in [2.45, 2.75) is 24.9 Å². The van der Waals surface area contributed by atoms with Crippen LogP contribution in [0.5, 0.6) is 0 Å². The molecule has 1 amide bonds. The Morgan fingerprint density at radius 3 is 2.74 bits per heavy atom. The average molecular weight is 356 g/mol. The Labute approximate surface area is 124 Å². The van der Waals surface area contributed by atoms with Gasteiger partial charge in [0.2, 0.25) is 5.91 Å². The van der Waals surface area contributed by atoms with Crippen LogP contribution in [-0.2, 0) is 11.3 Å². The number of carbonyl (C=O) groups excluding carboxylic acids is 1. The van der Waals surface area contributed by atoms with E-state index in [2.05, 4.69) is 26.6 Å². The lowest BCUT2D eigenvalue weighted by Gasteiger charge is -2.12. The highest BCUT2D eigenvalue weighted by Gasteiger charge is 2.42. The molecule has 1 fully saturated rings. The van der Waals surface area contributed by atoms with Crippen molar-refractivity contribution in [3.63, 3.8) is 0 Å². The molecule has 19 heavy (non-hydrogen) atoms. The molecule has 3 nitrogen and oxygen atoms in total. The summed E-state index contributed by atoms with van der Waals surface area (Å²) in [6, 6.07) is 6.65. The fourth-order valence-electron chi connectivity index (χ4n) is 1.85. The molecule has 1 unspecified atom stereocenters. The second-order valence-electron chi connectivity index (χ2n) is 4.30. The summed E-state index contributed by atoms with van der Waals surface area (Å²) in [5.41, 5.74) is 0.913. The van der Waals surface area contributed by atoms with Crippen LogP contribution in [0.4, 0.5) is 8.78 Å². The standard InChI is InChI=1S/C12H13BrF2N2O.ClH/c13-9-4-2-1-3-8(9)6-16-11(18)10-5-12(14,15)7-17-10;/h1-4,10,17H,5-7H2,(H,16,18);1H. The van der Waals surface area contributed by atoms with Crippen LogP contribution in [0.2, 0.25) is 0 Å². The molecule has 1 heterocycles. The van der Waals surface area contributed by atoms with Crippen molar-refractivity contribution >= 4 is 34.2 Å². The molecule has 0 saturated carbocycles. The van der Waals surface area contributed by atoms with E-state index in [1.807, 2.05) is 24.3 Å². The highest BCUT2D eigenvalue weighted by atomic mass is 79.9. The summed E-state index contributed by atoms with van der Waals surface area (Å²) < 4.78 is 26.7. The predicted molar refractivity (Wildman–Crippen MR) is 74.6 cm³/mol. The van der Waals surface area contributed by atoms with Crippen molar-refractivity contribution in [3.05, 3.63) is 34.3 Å². The lowest BCUT2D eigenvalue weighted by Crippen LogP contribution is -2.40. The minimum Gasteiger partial charge on any atom is -0.351 e. The van der Waals surface area contributed by atoms with Gasteiger partial charge in [0, 0.05) is 17.4 Å². The second kappa shape index (κ2) is 6.63. The average Bonchev–Trinajstić information content (AvgIpc) is 2.68. The summed E-state index contributed by atoms with van der Waals surface area (Å²) in [6.45, 7) is -0.107. The topological polar surface area (TPSA) is 41.1 Å². The van der Waals surface area contributed by atoms with E-state index in [1.165, 1.54) is 0 Å². The number of benzene rings is 1. The molecule has 0 radical (unpaired) electrons. The first-order valence-corrected chi connectivity index (χ1v) is 6.39. The molecule has 2 rings (SSSR count). The smallest absolute Gasteiger partial charge is 0.262 e. The van der Waals surface area contributed by atoms with Gasteiger partial charge in [0.05, 0.1) is 12.6 Å². The largest absolute Gasteiger partial charge is 0.351 e. The van der Waals surface area contributed by atoms with Crippen LogP contribution in [0.25, 0.3) is 0 Å². The van der Waals surface area contributed by atoms with E-state index in [9.17, 15) is 13.6 Å². The first-order valence-electron chi connectivity index (χ1n) is 5.60. The quantitative estimate of drug-likeness (QED) is 0.875. The fraction of sp³-hybridized carbons (Fsp3) is 0.417. The van der Waals surface area contributed by atoms with Crippen molar-refractivity contribution in [3.8, 4) is 0 Å². The van der Waals surface area contributed by atoms with Crippen LogP contribution >= 0.6 is 28.3 Å². The van der Waals surface area contributed by atoms with Gasteiger partial charge in [-0.05, 0) is 11.6 Å². The van der Waals surface area contributed by atoms with Gasteiger partial charge in [0.25, 0.3) is 5.92 Å². The fourth-order valence-corrected chi connectivity index (χ4v) is 2.27. The maximum atomic E-state index is 12.9. The van der Waals surface area contributed by atoms with Crippen LogP contribution in [-0.4, -0.2) is 24.4 Å². The number of nitrogens with one attached hydrogen (secondary N) is 2. The Morgan fingerprint density at radius 2 is 2.16 bits per heavy atom. The van der Waals surface area contributed by atoms with E-state index < -0.39 is 24.9 Å². The lowest BCUT2D eigenvalue weighted by molar-refractivity contribution is -0.123. The number of amides is 1. The molecule has 1 saturated heterocycles. The molecule has 0 bridgehead atoms. The Balaban J connectivity index is 0.00000180. The summed E-state index contributed by atoms with van der Waals surface area (Å²) in [7, 11) is 0. The van der Waals surface area contributed by atoms with Gasteiger partial charge in [-0.15, -0.1) is 12.4 Å². The molecular formula is C12H14BrClF2N2O. The highest BCUT2D eigenvalue weighted by Crippen LogP contribution is 2.25. The van der Waals surface area contributed by atoms with Gasteiger partial charge < -0.3 is 5.32 Å². The van der Waals surface area contributed by atoms with Gasteiger partial charge in [0.15, 0.2) is 0 Å². The molecule has 0 aliphatic carbocycles. The SMILES string of the molecule is Cl.O=C(NCc1ccccc1Br)C1CC(F)(F)CN1. The van der Waals surface area contributed by atoms with Gasteiger partial charge >= 0.3 is 0 Å². The number of hydrogen-bond acceptors (Lipinski definition) is 2. The Morgan fingerprint density at radius 1 is 1.47 bits per heavy atom. The van der Waals surface area contributed by atoms with Crippen LogP contribution in [0.1, 0.15) is 12.0 Å². The van der Waals surface area contributed by atoms with Crippen LogP contribution in [0.15, 0.2) is 28.7 Å². The zero-order valence-electron chi connectivity index (χ0n) is 9.96. The first kappa shape index (κ1) is 16.3. The van der Waals surface area contributed by atoms with E-state index in [0.717, 1.165) is 10.0 Å². The highest BCUT2D eigenvalue weighted by molar-refractivity contribution is 9.10. The normalized spacial score (nSPS) is 20.7. The van der Waals surface area contributed by atoms with Crippen molar-refractivity contribution in [2.75, 3.05) is 6.54 Å². The lowest BCUT2D eigenvalue weighted by atomic mass is 10.1. The zero-order chi connectivity index (χ0) is 13.2. The van der Waals surface area contributed by atoms with E-state index >= 15 is 0 Å². The van der Waals surface area contributed by atoms with Gasteiger partial charge in [-0.25, -0.2) is 8.78 Å². The van der Waals surface area contributed by atoms with E-state index in [1.54, 1.807) is 0 Å². The monoisotopic (exact) mass is 354 g/mol. The van der Waals surface area contributed by atoms with Gasteiger partial charge in [0.1, 0.15) is 0 Å². The summed E-state index contributed by atoms with van der Waals surface area (Å²) >= 11 is 3.36. The summed E-state index contributed by atoms with van der Waals surface area (Å²) in [5.74, 6) is -3.17. The van der Waals surface area contributed by atoms with Crippen LogP contribution in [0.3, 0.4) is 0 Å². The Bertz CT molecular complexity index is 459. The number of halogens is 4. The number of rotatable bonds is 3. The third-order valence-corrected chi connectivity index (χ3v) is 3.61. The van der Waals surface area contributed by atoms with Crippen molar-refractivity contribution < 1.29 is 13.6 Å². The van der Waals surface area contributed by atoms with Crippen molar-refractivity contribution in [2.24, 2.45) is 0 Å². The van der Waals surface area contributed by atoms with E-state index in [-0.39, 0.29) is 18.3 Å². The first-order chi connectivity index (χ1) is 8.48. The molecule has 1 aliphatic rings. The summed E-state index contributed by atoms with van der Waals surface area (Å²) in [4.78, 5) is 11.7. The molecule has 2 N–H and O–H groups in total. The Kier molecular flexibility index (Phi) is 5.70. The number of carbonyl (C=O) groups is 1. The third kappa shape index (κ3) is 4.40. The molecule has 1 atom stereocenters. The third-order valence-electron chi connectivity index (χ3n) is 2.84. The molecule has 7 heteroatoms. The maximum Gasteiger partial charge on any atom is 0.262 e. The summed E-state index contributed by atoms with van der Waals surface area (Å²) in [6.07, 6.45) is -0.436. The molecule has 1 aromatic carbocycles. The van der Waals surface area contributed by atoms with Gasteiger partial charge in [-0.2, -0.15) is 0 Å². The minimum atomic E-state index is -2.78. The van der Waals surface area contributed by atoms with Gasteiger partial charge in [-0.1, -0.05) is 34.1 Å². The van der Waals surface area contributed by atoms with Gasteiger partial charge in [-0.3, -0.25) is 10.1 Å². The summed E-state index contributed by atoms with van der Waals surface area (Å²) in [5, 5.41) is 5.18. The molecular weight excluding hydrogens is 341 g/mol. The Hall–Kier alpha value is -0.720. The number of hydrogen-bond donors (Lipinski definition) is 2. The number of alkyl halides is 2. The molecule has 0 spiro atoms. The van der Waals surface area contributed by atoms with Crippen molar-refractivity contribution in [1.29, 1.82) is 0 Å². The predicted octanol–water partition coefficient (Wildman–Crippen LogP) is 2.48. The zero-order valence-corrected chi connectivity index (χ0v) is 12.4. The molecule has 106 valence electrons. The van der Waals surface area contributed by atoms with E-state index in [4.69, 9.17) is 0 Å². The maximum absolute atomic E-state index is 12.9. The van der Waals surface area contributed by atoms with Crippen molar-refractivity contribution in [1.82, 2.24) is 10.6 Å². The minimum absolute atomic E-state index is 0. The molecule has 0 aromatic heterocycles. The van der Waals surface area contributed by atoms with Crippen LogP contribution in [0, 0.1) is 0 Å². The molecule has 1 aliphatic heterocycles. The second-order valence-corrected chi connectivity index (χ2v) is 5.16.